The molecule has 0 saturated carbocycles. The molecule has 1 aromatic heterocycles. The standard InChI is InChI=1S/C10H5N3O2S2/c14-7-5-3-1-2-4-6(5)8(15)13(7)9-11-12-10(16)17-9/h1-4H,(H,12,16). The highest BCUT2D eigenvalue weighted by Crippen LogP contribution is 2.29. The molecule has 0 fully saturated rings. The van der Waals surface area contributed by atoms with E-state index in [1.165, 1.54) is 0 Å². The van der Waals surface area contributed by atoms with E-state index < -0.39 is 0 Å². The second kappa shape index (κ2) is 3.57. The van der Waals surface area contributed by atoms with Gasteiger partial charge in [0.15, 0.2) is 3.95 Å². The molecule has 2 aromatic rings. The predicted octanol–water partition coefficient (Wildman–Crippen LogP) is 2.00. The molecule has 84 valence electrons. The Labute approximate surface area is 105 Å². The van der Waals surface area contributed by atoms with E-state index in [1.54, 1.807) is 24.3 Å². The van der Waals surface area contributed by atoms with Crippen molar-refractivity contribution in [3.8, 4) is 0 Å². The van der Waals surface area contributed by atoms with Crippen molar-refractivity contribution in [3.63, 3.8) is 0 Å². The number of aromatic nitrogens is 2. The van der Waals surface area contributed by atoms with E-state index in [-0.39, 0.29) is 16.9 Å². The average Bonchev–Trinajstić information content (AvgIpc) is 2.84. The summed E-state index contributed by atoms with van der Waals surface area (Å²) in [6.07, 6.45) is 0. The highest BCUT2D eigenvalue weighted by molar-refractivity contribution is 7.73. The second-order valence-corrected chi connectivity index (χ2v) is 5.03. The normalized spacial score (nSPS) is 14.2. The summed E-state index contributed by atoms with van der Waals surface area (Å²) in [6.45, 7) is 0. The molecule has 0 aliphatic carbocycles. The summed E-state index contributed by atoms with van der Waals surface area (Å²) in [5.74, 6) is -0.716. The lowest BCUT2D eigenvalue weighted by atomic mass is 10.1. The fraction of sp³-hybridized carbons (Fsp3) is 0. The first kappa shape index (κ1) is 10.3. The van der Waals surface area contributed by atoms with E-state index in [0.717, 1.165) is 16.2 Å². The number of carbonyl (C=O) groups is 2. The first-order valence-electron chi connectivity index (χ1n) is 4.72. The SMILES string of the molecule is O=C1c2ccccc2C(=O)N1c1n[nH]c(=S)s1. The molecule has 2 heterocycles. The molecule has 1 aromatic carbocycles. The first-order chi connectivity index (χ1) is 8.18. The summed E-state index contributed by atoms with van der Waals surface area (Å²) in [7, 11) is 0. The van der Waals surface area contributed by atoms with Crippen LogP contribution >= 0.6 is 23.6 Å². The quantitative estimate of drug-likeness (QED) is 0.631. The Hall–Kier alpha value is -1.86. The molecule has 0 spiro atoms. The molecule has 1 aliphatic heterocycles. The van der Waals surface area contributed by atoms with Gasteiger partial charge in [0, 0.05) is 0 Å². The van der Waals surface area contributed by atoms with Crippen LogP contribution in [0.1, 0.15) is 20.7 Å². The van der Waals surface area contributed by atoms with Crippen molar-refractivity contribution < 1.29 is 9.59 Å². The molecule has 1 N–H and O–H groups in total. The van der Waals surface area contributed by atoms with E-state index in [0.29, 0.717) is 15.1 Å². The van der Waals surface area contributed by atoms with Gasteiger partial charge in [0.25, 0.3) is 11.8 Å². The van der Waals surface area contributed by atoms with Crippen molar-refractivity contribution in [2.75, 3.05) is 4.90 Å². The Morgan fingerprint density at radius 1 is 1.18 bits per heavy atom. The summed E-state index contributed by atoms with van der Waals surface area (Å²) in [6, 6.07) is 6.70. The number of aromatic amines is 1. The number of fused-ring (bicyclic) bond motifs is 1. The van der Waals surface area contributed by atoms with Gasteiger partial charge in [-0.1, -0.05) is 23.5 Å². The molecule has 2 amide bonds. The Morgan fingerprint density at radius 3 is 2.24 bits per heavy atom. The molecule has 3 rings (SSSR count). The number of imide groups is 1. The lowest BCUT2D eigenvalue weighted by Crippen LogP contribution is -2.29. The Morgan fingerprint density at radius 2 is 1.76 bits per heavy atom. The number of benzene rings is 1. The Bertz CT molecular complexity index is 654. The number of hydrogen-bond donors (Lipinski definition) is 1. The van der Waals surface area contributed by atoms with Gasteiger partial charge in [0.2, 0.25) is 5.13 Å². The molecular formula is C10H5N3O2S2. The van der Waals surface area contributed by atoms with E-state index in [9.17, 15) is 9.59 Å². The van der Waals surface area contributed by atoms with E-state index in [4.69, 9.17) is 12.2 Å². The maximum absolute atomic E-state index is 12.0. The van der Waals surface area contributed by atoms with Gasteiger partial charge < -0.3 is 0 Å². The molecule has 0 atom stereocenters. The molecule has 0 radical (unpaired) electrons. The predicted molar refractivity (Wildman–Crippen MR) is 64.9 cm³/mol. The van der Waals surface area contributed by atoms with Gasteiger partial charge in [-0.2, -0.15) is 0 Å². The van der Waals surface area contributed by atoms with Crippen LogP contribution in [0.2, 0.25) is 0 Å². The minimum absolute atomic E-state index is 0.279. The third kappa shape index (κ3) is 1.43. The van der Waals surface area contributed by atoms with Gasteiger partial charge in [0.05, 0.1) is 11.1 Å². The van der Waals surface area contributed by atoms with Gasteiger partial charge >= 0.3 is 0 Å². The minimum atomic E-state index is -0.358. The largest absolute Gasteiger partial charge is 0.268 e. The molecule has 0 saturated heterocycles. The Balaban J connectivity index is 2.15. The van der Waals surface area contributed by atoms with Crippen molar-refractivity contribution >= 4 is 40.5 Å². The van der Waals surface area contributed by atoms with Crippen molar-refractivity contribution in [2.45, 2.75) is 0 Å². The van der Waals surface area contributed by atoms with Crippen LogP contribution < -0.4 is 4.90 Å². The van der Waals surface area contributed by atoms with E-state index in [1.807, 2.05) is 0 Å². The van der Waals surface area contributed by atoms with Crippen LogP contribution in [0.3, 0.4) is 0 Å². The monoisotopic (exact) mass is 263 g/mol. The van der Waals surface area contributed by atoms with Crippen LogP contribution in [0.5, 0.6) is 0 Å². The van der Waals surface area contributed by atoms with Crippen LogP contribution in [0, 0.1) is 3.95 Å². The Kier molecular flexibility index (Phi) is 2.17. The van der Waals surface area contributed by atoms with Crippen LogP contribution in [0.4, 0.5) is 5.13 Å². The number of anilines is 1. The maximum atomic E-state index is 12.0. The summed E-state index contributed by atoms with van der Waals surface area (Å²) in [4.78, 5) is 25.1. The smallest absolute Gasteiger partial charge is 0.268 e. The van der Waals surface area contributed by atoms with Gasteiger partial charge in [-0.15, -0.1) is 5.10 Å². The minimum Gasteiger partial charge on any atom is -0.268 e. The molecular weight excluding hydrogens is 258 g/mol. The maximum Gasteiger partial charge on any atom is 0.268 e. The number of carbonyl (C=O) groups excluding carboxylic acids is 2. The van der Waals surface area contributed by atoms with Crippen LogP contribution in [0.25, 0.3) is 0 Å². The number of nitrogens with zero attached hydrogens (tertiary/aromatic N) is 2. The fourth-order valence-electron chi connectivity index (χ4n) is 1.68. The summed E-state index contributed by atoms with van der Waals surface area (Å²) in [5, 5.41) is 6.68. The molecule has 0 unspecified atom stereocenters. The zero-order valence-electron chi connectivity index (χ0n) is 8.34. The highest BCUT2D eigenvalue weighted by Gasteiger charge is 2.37. The fourth-order valence-corrected chi connectivity index (χ4v) is 2.56. The van der Waals surface area contributed by atoms with Crippen molar-refractivity contribution in [3.05, 3.63) is 39.3 Å². The number of amides is 2. The van der Waals surface area contributed by atoms with Gasteiger partial charge in [-0.3, -0.25) is 14.7 Å². The molecule has 17 heavy (non-hydrogen) atoms. The van der Waals surface area contributed by atoms with Crippen molar-refractivity contribution in [2.24, 2.45) is 0 Å². The van der Waals surface area contributed by atoms with Crippen LogP contribution in [-0.4, -0.2) is 22.0 Å². The number of nitrogens with one attached hydrogen (secondary N) is 1. The lowest BCUT2D eigenvalue weighted by Gasteiger charge is -2.07. The second-order valence-electron chi connectivity index (χ2n) is 3.39. The summed E-state index contributed by atoms with van der Waals surface area (Å²) >= 11 is 5.98. The van der Waals surface area contributed by atoms with E-state index in [2.05, 4.69) is 10.2 Å². The van der Waals surface area contributed by atoms with Crippen molar-refractivity contribution in [1.29, 1.82) is 0 Å². The third-order valence-corrected chi connectivity index (χ3v) is 3.49. The summed E-state index contributed by atoms with van der Waals surface area (Å²) in [5.41, 5.74) is 0.803. The molecule has 5 nitrogen and oxygen atoms in total. The topological polar surface area (TPSA) is 66.1 Å². The van der Waals surface area contributed by atoms with Crippen LogP contribution in [0.15, 0.2) is 24.3 Å². The molecule has 7 heteroatoms. The molecule has 1 aliphatic rings. The highest BCUT2D eigenvalue weighted by atomic mass is 32.1. The van der Waals surface area contributed by atoms with Gasteiger partial charge in [-0.05, 0) is 24.4 Å². The average molecular weight is 263 g/mol. The zero-order valence-corrected chi connectivity index (χ0v) is 9.97. The zero-order chi connectivity index (χ0) is 12.0. The first-order valence-corrected chi connectivity index (χ1v) is 5.94. The third-order valence-electron chi connectivity index (χ3n) is 2.41. The summed E-state index contributed by atoms with van der Waals surface area (Å²) < 4.78 is 0.427. The van der Waals surface area contributed by atoms with Crippen molar-refractivity contribution in [1.82, 2.24) is 10.2 Å². The van der Waals surface area contributed by atoms with Gasteiger partial charge in [0.1, 0.15) is 0 Å². The van der Waals surface area contributed by atoms with Crippen LogP contribution in [-0.2, 0) is 0 Å². The lowest BCUT2D eigenvalue weighted by molar-refractivity contribution is 0.0926. The molecule has 0 bridgehead atoms. The van der Waals surface area contributed by atoms with E-state index >= 15 is 0 Å². The number of rotatable bonds is 1. The van der Waals surface area contributed by atoms with Gasteiger partial charge in [-0.25, -0.2) is 4.90 Å². The number of H-pyrrole nitrogens is 1. The number of hydrogen-bond acceptors (Lipinski definition) is 5.